The van der Waals surface area contributed by atoms with E-state index in [0.717, 1.165) is 0 Å². The average molecular weight is 358 g/mol. The van der Waals surface area contributed by atoms with Crippen molar-refractivity contribution in [2.24, 2.45) is 0 Å². The van der Waals surface area contributed by atoms with Crippen molar-refractivity contribution in [1.82, 2.24) is 0 Å². The Morgan fingerprint density at radius 2 is 2.10 bits per heavy atom. The molecule has 0 amide bonds. The summed E-state index contributed by atoms with van der Waals surface area (Å²) in [5.74, 6) is -0.603. The van der Waals surface area contributed by atoms with Gasteiger partial charge in [-0.1, -0.05) is 39.7 Å². The van der Waals surface area contributed by atoms with Gasteiger partial charge in [-0.25, -0.2) is 4.39 Å². The van der Waals surface area contributed by atoms with Gasteiger partial charge in [-0.3, -0.25) is 4.79 Å². The smallest absolute Gasteiger partial charge is 0.168 e. The minimum Gasteiger partial charge on any atom is -0.494 e. The number of hydrogen-bond donors (Lipinski definition) is 0. The van der Waals surface area contributed by atoms with Gasteiger partial charge in [-0.2, -0.15) is 0 Å². The highest BCUT2D eigenvalue weighted by Crippen LogP contribution is 2.25. The highest BCUT2D eigenvalue weighted by atomic mass is 79.9. The topological polar surface area (TPSA) is 26.3 Å². The Hall–Kier alpha value is -1.39. The molecule has 0 saturated carbocycles. The molecular formula is C15H11BrClFO2. The van der Waals surface area contributed by atoms with Gasteiger partial charge < -0.3 is 4.74 Å². The summed E-state index contributed by atoms with van der Waals surface area (Å²) in [6.07, 6.45) is -0.0536. The van der Waals surface area contributed by atoms with Crippen LogP contribution in [0.5, 0.6) is 5.75 Å². The first-order valence-electron chi connectivity index (χ1n) is 5.82. The maximum atomic E-state index is 14.0. The molecule has 2 aromatic rings. The first-order valence-corrected chi connectivity index (χ1v) is 6.99. The van der Waals surface area contributed by atoms with E-state index in [2.05, 4.69) is 15.9 Å². The number of benzene rings is 2. The lowest BCUT2D eigenvalue weighted by molar-refractivity contribution is 0.0991. The summed E-state index contributed by atoms with van der Waals surface area (Å²) in [7, 11) is 1.39. The normalized spacial score (nSPS) is 10.4. The second-order valence-electron chi connectivity index (χ2n) is 4.16. The Morgan fingerprint density at radius 3 is 2.80 bits per heavy atom. The van der Waals surface area contributed by atoms with Crippen LogP contribution in [0.4, 0.5) is 4.39 Å². The molecule has 0 heterocycles. The minimum absolute atomic E-state index is 0.0536. The highest BCUT2D eigenvalue weighted by molar-refractivity contribution is 9.10. The first kappa shape index (κ1) is 15.0. The zero-order chi connectivity index (χ0) is 14.7. The largest absolute Gasteiger partial charge is 0.494 e. The van der Waals surface area contributed by atoms with Gasteiger partial charge in [0.1, 0.15) is 0 Å². The number of ether oxygens (including phenoxy) is 1. The van der Waals surface area contributed by atoms with Crippen molar-refractivity contribution in [3.05, 3.63) is 62.8 Å². The van der Waals surface area contributed by atoms with Crippen LogP contribution in [0.1, 0.15) is 15.9 Å². The van der Waals surface area contributed by atoms with Crippen LogP contribution in [0.2, 0.25) is 5.02 Å². The quantitative estimate of drug-likeness (QED) is 0.743. The maximum Gasteiger partial charge on any atom is 0.168 e. The van der Waals surface area contributed by atoms with Gasteiger partial charge in [0, 0.05) is 21.5 Å². The summed E-state index contributed by atoms with van der Waals surface area (Å²) in [5.41, 5.74) is 0.723. The Kier molecular flexibility index (Phi) is 4.78. The van der Waals surface area contributed by atoms with Gasteiger partial charge in [-0.05, 0) is 29.8 Å². The van der Waals surface area contributed by atoms with Crippen LogP contribution in [0, 0.1) is 5.82 Å². The maximum absolute atomic E-state index is 14.0. The third kappa shape index (κ3) is 3.19. The monoisotopic (exact) mass is 356 g/mol. The van der Waals surface area contributed by atoms with Gasteiger partial charge in [0.25, 0.3) is 0 Å². The summed E-state index contributed by atoms with van der Waals surface area (Å²) in [6, 6.07) is 9.66. The van der Waals surface area contributed by atoms with Gasteiger partial charge in [-0.15, -0.1) is 0 Å². The van der Waals surface area contributed by atoms with Crippen molar-refractivity contribution >= 4 is 33.3 Å². The number of Topliss-reactive ketones (excluding diaryl/α,β-unsaturated/α-hetero) is 1. The highest BCUT2D eigenvalue weighted by Gasteiger charge is 2.15. The third-order valence-corrected chi connectivity index (χ3v) is 3.77. The predicted molar refractivity (Wildman–Crippen MR) is 80.1 cm³/mol. The van der Waals surface area contributed by atoms with Gasteiger partial charge in [0.15, 0.2) is 17.3 Å². The van der Waals surface area contributed by atoms with Crippen molar-refractivity contribution < 1.29 is 13.9 Å². The molecule has 0 aliphatic rings. The van der Waals surface area contributed by atoms with Crippen molar-refractivity contribution in [2.75, 3.05) is 7.11 Å². The molecule has 0 aliphatic carbocycles. The van der Waals surface area contributed by atoms with Crippen molar-refractivity contribution in [1.29, 1.82) is 0 Å². The van der Waals surface area contributed by atoms with Crippen LogP contribution in [-0.4, -0.2) is 12.9 Å². The van der Waals surface area contributed by atoms with Crippen LogP contribution in [-0.2, 0) is 6.42 Å². The fraction of sp³-hybridized carbons (Fsp3) is 0.133. The molecule has 5 heteroatoms. The second kappa shape index (κ2) is 6.37. The molecule has 0 radical (unpaired) electrons. The van der Waals surface area contributed by atoms with E-state index >= 15 is 0 Å². The van der Waals surface area contributed by atoms with E-state index in [1.54, 1.807) is 30.3 Å². The van der Waals surface area contributed by atoms with Crippen LogP contribution in [0.3, 0.4) is 0 Å². The molecular weight excluding hydrogens is 347 g/mol. The van der Waals surface area contributed by atoms with Crippen molar-refractivity contribution in [2.45, 2.75) is 6.42 Å². The van der Waals surface area contributed by atoms with E-state index in [1.165, 1.54) is 13.2 Å². The molecule has 0 spiro atoms. The van der Waals surface area contributed by atoms with E-state index in [1.807, 2.05) is 0 Å². The summed E-state index contributed by atoms with van der Waals surface area (Å²) >= 11 is 9.17. The van der Waals surface area contributed by atoms with Crippen molar-refractivity contribution in [3.8, 4) is 5.75 Å². The molecule has 0 aliphatic heterocycles. The second-order valence-corrected chi connectivity index (χ2v) is 5.45. The van der Waals surface area contributed by atoms with E-state index in [0.29, 0.717) is 20.6 Å². The molecule has 0 saturated heterocycles. The van der Waals surface area contributed by atoms with Crippen LogP contribution < -0.4 is 4.74 Å². The number of rotatable bonds is 4. The summed E-state index contributed by atoms with van der Waals surface area (Å²) < 4.78 is 19.5. The molecule has 104 valence electrons. The van der Waals surface area contributed by atoms with E-state index < -0.39 is 5.82 Å². The number of ketones is 1. The molecule has 2 nitrogen and oxygen atoms in total. The third-order valence-electron chi connectivity index (χ3n) is 2.84. The lowest BCUT2D eigenvalue weighted by Crippen LogP contribution is -2.07. The van der Waals surface area contributed by atoms with Crippen LogP contribution >= 0.6 is 27.5 Å². The Morgan fingerprint density at radius 1 is 1.35 bits per heavy atom. The standard InChI is InChI=1S/C15H11BrClFO2/c1-20-14-4-2-3-9(15(14)18)7-13(19)11-8-10(17)5-6-12(11)16/h2-6,8H,7H2,1H3. The number of methoxy groups -OCH3 is 1. The number of hydrogen-bond acceptors (Lipinski definition) is 2. The number of halogens is 3. The van der Waals surface area contributed by atoms with E-state index in [-0.39, 0.29) is 18.0 Å². The Balaban J connectivity index is 2.30. The predicted octanol–water partition coefficient (Wildman–Crippen LogP) is 4.68. The fourth-order valence-electron chi connectivity index (χ4n) is 1.83. The lowest BCUT2D eigenvalue weighted by Gasteiger charge is -2.08. The fourth-order valence-corrected chi connectivity index (χ4v) is 2.47. The van der Waals surface area contributed by atoms with Crippen LogP contribution in [0.25, 0.3) is 0 Å². The summed E-state index contributed by atoms with van der Waals surface area (Å²) in [6.45, 7) is 0. The molecule has 0 N–H and O–H groups in total. The SMILES string of the molecule is COc1cccc(CC(=O)c2cc(Cl)ccc2Br)c1F. The minimum atomic E-state index is -0.512. The van der Waals surface area contributed by atoms with Gasteiger partial charge >= 0.3 is 0 Å². The van der Waals surface area contributed by atoms with E-state index in [4.69, 9.17) is 16.3 Å². The first-order chi connectivity index (χ1) is 9.52. The van der Waals surface area contributed by atoms with Gasteiger partial charge in [0.2, 0.25) is 0 Å². The number of carbonyl (C=O) groups is 1. The molecule has 0 unspecified atom stereocenters. The van der Waals surface area contributed by atoms with Crippen LogP contribution in [0.15, 0.2) is 40.9 Å². The molecule has 0 aromatic heterocycles. The molecule has 0 atom stereocenters. The molecule has 0 fully saturated rings. The average Bonchev–Trinajstić information content (AvgIpc) is 2.43. The summed E-state index contributed by atoms with van der Waals surface area (Å²) in [5, 5.41) is 0.461. The lowest BCUT2D eigenvalue weighted by atomic mass is 10.0. The Bertz CT molecular complexity index is 658. The van der Waals surface area contributed by atoms with Gasteiger partial charge in [0.05, 0.1) is 7.11 Å². The molecule has 20 heavy (non-hydrogen) atoms. The van der Waals surface area contributed by atoms with E-state index in [9.17, 15) is 9.18 Å². The molecule has 2 aromatic carbocycles. The zero-order valence-electron chi connectivity index (χ0n) is 10.6. The Labute approximate surface area is 129 Å². The zero-order valence-corrected chi connectivity index (χ0v) is 13.0. The molecule has 0 bridgehead atoms. The van der Waals surface area contributed by atoms with Crippen molar-refractivity contribution in [3.63, 3.8) is 0 Å². The molecule has 2 rings (SSSR count). The number of carbonyl (C=O) groups excluding carboxylic acids is 1. The summed E-state index contributed by atoms with van der Waals surface area (Å²) in [4.78, 5) is 12.2.